The molecule has 102 valence electrons. The SMILES string of the molecule is CCNC(C)c1nnc(N2CCOC(CO)C2)o1. The van der Waals surface area contributed by atoms with Gasteiger partial charge in [0.1, 0.15) is 0 Å². The number of ether oxygens (including phenoxy) is 1. The van der Waals surface area contributed by atoms with Crippen LogP contribution in [-0.4, -0.2) is 54.3 Å². The van der Waals surface area contributed by atoms with Gasteiger partial charge in [-0.2, -0.15) is 0 Å². The third kappa shape index (κ3) is 2.98. The first-order chi connectivity index (χ1) is 8.74. The summed E-state index contributed by atoms with van der Waals surface area (Å²) >= 11 is 0. The standard InChI is InChI=1S/C11H20N4O3/c1-3-12-8(2)10-13-14-11(18-10)15-4-5-17-9(6-15)7-16/h8-9,12,16H,3-7H2,1-2H3. The molecule has 0 aliphatic carbocycles. The van der Waals surface area contributed by atoms with Gasteiger partial charge in [0.05, 0.1) is 31.9 Å². The Morgan fingerprint density at radius 1 is 1.56 bits per heavy atom. The molecule has 0 aromatic carbocycles. The van der Waals surface area contributed by atoms with Crippen molar-refractivity contribution in [2.75, 3.05) is 37.7 Å². The summed E-state index contributed by atoms with van der Waals surface area (Å²) in [6, 6.07) is 0.544. The van der Waals surface area contributed by atoms with E-state index in [-0.39, 0.29) is 18.8 Å². The highest BCUT2D eigenvalue weighted by atomic mass is 16.5. The van der Waals surface area contributed by atoms with E-state index in [9.17, 15) is 0 Å². The van der Waals surface area contributed by atoms with Gasteiger partial charge in [-0.15, -0.1) is 5.10 Å². The Bertz CT molecular complexity index is 371. The van der Waals surface area contributed by atoms with E-state index in [0.29, 0.717) is 31.6 Å². The zero-order chi connectivity index (χ0) is 13.0. The van der Waals surface area contributed by atoms with E-state index < -0.39 is 0 Å². The fourth-order valence-electron chi connectivity index (χ4n) is 1.93. The molecule has 7 heteroatoms. The van der Waals surface area contributed by atoms with E-state index >= 15 is 0 Å². The van der Waals surface area contributed by atoms with Crippen molar-refractivity contribution in [2.45, 2.75) is 26.0 Å². The van der Waals surface area contributed by atoms with Crippen molar-refractivity contribution in [1.82, 2.24) is 15.5 Å². The van der Waals surface area contributed by atoms with Crippen LogP contribution in [0.5, 0.6) is 0 Å². The zero-order valence-corrected chi connectivity index (χ0v) is 10.8. The van der Waals surface area contributed by atoms with Crippen molar-refractivity contribution in [3.8, 4) is 0 Å². The normalized spacial score (nSPS) is 22.2. The third-order valence-corrected chi connectivity index (χ3v) is 2.92. The number of nitrogens with zero attached hydrogens (tertiary/aromatic N) is 3. The van der Waals surface area contributed by atoms with E-state index in [0.717, 1.165) is 6.54 Å². The molecule has 1 saturated heterocycles. The molecule has 2 rings (SSSR count). The van der Waals surface area contributed by atoms with Gasteiger partial charge in [-0.05, 0) is 13.5 Å². The minimum atomic E-state index is -0.180. The lowest BCUT2D eigenvalue weighted by Gasteiger charge is -2.30. The topological polar surface area (TPSA) is 83.7 Å². The minimum absolute atomic E-state index is 0.00525. The van der Waals surface area contributed by atoms with Gasteiger partial charge in [0.25, 0.3) is 0 Å². The maximum absolute atomic E-state index is 9.09. The number of hydrogen-bond donors (Lipinski definition) is 2. The molecule has 0 spiro atoms. The van der Waals surface area contributed by atoms with E-state index in [1.54, 1.807) is 0 Å². The Kier molecular flexibility index (Phi) is 4.51. The van der Waals surface area contributed by atoms with Crippen LogP contribution in [0.2, 0.25) is 0 Å². The summed E-state index contributed by atoms with van der Waals surface area (Å²) in [6.07, 6.45) is -0.180. The predicted octanol–water partition coefficient (Wildman–Crippen LogP) is -0.0624. The number of nitrogens with one attached hydrogen (secondary N) is 1. The van der Waals surface area contributed by atoms with Gasteiger partial charge in [0.2, 0.25) is 5.89 Å². The highest BCUT2D eigenvalue weighted by Crippen LogP contribution is 2.19. The average molecular weight is 256 g/mol. The summed E-state index contributed by atoms with van der Waals surface area (Å²) in [5, 5.41) is 20.4. The largest absolute Gasteiger partial charge is 0.406 e. The van der Waals surface area contributed by atoms with Crippen LogP contribution >= 0.6 is 0 Å². The van der Waals surface area contributed by atoms with Gasteiger partial charge in [-0.1, -0.05) is 12.0 Å². The van der Waals surface area contributed by atoms with Crippen LogP contribution < -0.4 is 10.2 Å². The molecular weight excluding hydrogens is 236 g/mol. The Morgan fingerprint density at radius 2 is 2.39 bits per heavy atom. The highest BCUT2D eigenvalue weighted by molar-refractivity contribution is 5.25. The van der Waals surface area contributed by atoms with Gasteiger partial charge in [-0.25, -0.2) is 0 Å². The molecule has 1 aliphatic rings. The molecule has 0 amide bonds. The maximum Gasteiger partial charge on any atom is 0.318 e. The molecule has 7 nitrogen and oxygen atoms in total. The molecule has 0 bridgehead atoms. The molecule has 1 fully saturated rings. The van der Waals surface area contributed by atoms with Gasteiger partial charge in [0.15, 0.2) is 0 Å². The van der Waals surface area contributed by atoms with Crippen molar-refractivity contribution >= 4 is 6.01 Å². The molecule has 0 radical (unpaired) electrons. The van der Waals surface area contributed by atoms with Crippen molar-refractivity contribution in [1.29, 1.82) is 0 Å². The first-order valence-corrected chi connectivity index (χ1v) is 6.28. The van der Waals surface area contributed by atoms with E-state index in [1.165, 1.54) is 0 Å². The molecule has 2 N–H and O–H groups in total. The number of rotatable bonds is 5. The Hall–Kier alpha value is -1.18. The van der Waals surface area contributed by atoms with Gasteiger partial charge in [0, 0.05) is 6.54 Å². The lowest BCUT2D eigenvalue weighted by Crippen LogP contribution is -2.44. The third-order valence-electron chi connectivity index (χ3n) is 2.92. The van der Waals surface area contributed by atoms with E-state index in [1.807, 2.05) is 18.7 Å². The lowest BCUT2D eigenvalue weighted by atomic mass is 10.3. The number of morpholine rings is 1. The molecule has 2 atom stereocenters. The smallest absolute Gasteiger partial charge is 0.318 e. The van der Waals surface area contributed by atoms with Crippen molar-refractivity contribution in [2.24, 2.45) is 0 Å². The summed E-state index contributed by atoms with van der Waals surface area (Å²) < 4.78 is 11.0. The molecular formula is C11H20N4O3. The van der Waals surface area contributed by atoms with Gasteiger partial charge in [-0.3, -0.25) is 0 Å². The highest BCUT2D eigenvalue weighted by Gasteiger charge is 2.24. The van der Waals surface area contributed by atoms with Crippen LogP contribution in [0.3, 0.4) is 0 Å². The summed E-state index contributed by atoms with van der Waals surface area (Å²) in [5.41, 5.74) is 0. The van der Waals surface area contributed by atoms with Crippen molar-refractivity contribution in [3.63, 3.8) is 0 Å². The van der Waals surface area contributed by atoms with Gasteiger partial charge >= 0.3 is 6.01 Å². The van der Waals surface area contributed by atoms with Crippen molar-refractivity contribution in [3.05, 3.63) is 5.89 Å². The van der Waals surface area contributed by atoms with Crippen LogP contribution in [0.25, 0.3) is 0 Å². The molecule has 1 aromatic heterocycles. The summed E-state index contributed by atoms with van der Waals surface area (Å²) in [4.78, 5) is 1.94. The first-order valence-electron chi connectivity index (χ1n) is 6.28. The summed E-state index contributed by atoms with van der Waals surface area (Å²) in [7, 11) is 0. The quantitative estimate of drug-likeness (QED) is 0.763. The van der Waals surface area contributed by atoms with Crippen LogP contribution in [0, 0.1) is 0 Å². The van der Waals surface area contributed by atoms with Crippen LogP contribution in [0.4, 0.5) is 6.01 Å². The zero-order valence-electron chi connectivity index (χ0n) is 10.8. The maximum atomic E-state index is 9.09. The Morgan fingerprint density at radius 3 is 3.11 bits per heavy atom. The monoisotopic (exact) mass is 256 g/mol. The fourth-order valence-corrected chi connectivity index (χ4v) is 1.93. The molecule has 1 aromatic rings. The lowest BCUT2D eigenvalue weighted by molar-refractivity contribution is 0.00222. The fraction of sp³-hybridized carbons (Fsp3) is 0.818. The molecule has 2 unspecified atom stereocenters. The predicted molar refractivity (Wildman–Crippen MR) is 65.4 cm³/mol. The van der Waals surface area contributed by atoms with Crippen LogP contribution in [-0.2, 0) is 4.74 Å². The number of hydrogen-bond acceptors (Lipinski definition) is 7. The number of aliphatic hydroxyl groups excluding tert-OH is 1. The van der Waals surface area contributed by atoms with Crippen LogP contribution in [0.15, 0.2) is 4.42 Å². The van der Waals surface area contributed by atoms with Gasteiger partial charge < -0.3 is 24.5 Å². The van der Waals surface area contributed by atoms with Crippen molar-refractivity contribution < 1.29 is 14.3 Å². The Balaban J connectivity index is 2.00. The molecule has 18 heavy (non-hydrogen) atoms. The number of aliphatic hydroxyl groups is 1. The minimum Gasteiger partial charge on any atom is -0.406 e. The second kappa shape index (κ2) is 6.12. The molecule has 1 aliphatic heterocycles. The van der Waals surface area contributed by atoms with E-state index in [4.69, 9.17) is 14.3 Å². The average Bonchev–Trinajstić information content (AvgIpc) is 2.89. The number of aromatic nitrogens is 2. The summed E-state index contributed by atoms with van der Waals surface area (Å²) in [6.45, 7) is 6.71. The van der Waals surface area contributed by atoms with E-state index in [2.05, 4.69) is 15.5 Å². The Labute approximate surface area is 106 Å². The number of anilines is 1. The molecule has 0 saturated carbocycles. The second-order valence-electron chi connectivity index (χ2n) is 4.32. The first kappa shape index (κ1) is 13.3. The molecule has 2 heterocycles. The second-order valence-corrected chi connectivity index (χ2v) is 4.32. The van der Waals surface area contributed by atoms with Crippen LogP contribution in [0.1, 0.15) is 25.8 Å². The summed E-state index contributed by atoms with van der Waals surface area (Å²) in [5.74, 6) is 0.582.